The monoisotopic (exact) mass is 265 g/mol. The van der Waals surface area contributed by atoms with Gasteiger partial charge in [-0.05, 0) is 37.2 Å². The van der Waals surface area contributed by atoms with E-state index in [2.05, 4.69) is 9.97 Å². The number of ether oxygens (including phenoxy) is 1. The molecule has 0 fully saturated rings. The summed E-state index contributed by atoms with van der Waals surface area (Å²) in [5, 5.41) is 0.741. The molecule has 0 aliphatic rings. The fourth-order valence-electron chi connectivity index (χ4n) is 1.62. The molecule has 96 valence electrons. The first-order valence-corrected chi connectivity index (χ1v) is 6.18. The summed E-state index contributed by atoms with van der Waals surface area (Å²) < 4.78 is 5.64. The van der Waals surface area contributed by atoms with Crippen LogP contribution in [-0.4, -0.2) is 16.5 Å². The van der Waals surface area contributed by atoms with E-state index in [1.807, 2.05) is 25.1 Å². The highest BCUT2D eigenvalue weighted by molar-refractivity contribution is 6.31. The number of aryl methyl sites for hydroxylation is 1. The van der Waals surface area contributed by atoms with E-state index >= 15 is 0 Å². The highest BCUT2D eigenvalue weighted by Crippen LogP contribution is 2.21. The van der Waals surface area contributed by atoms with Gasteiger partial charge in [0.25, 0.3) is 0 Å². The maximum absolute atomic E-state index is 5.95. The Morgan fingerprint density at radius 2 is 2.28 bits per heavy atom. The Kier molecular flexibility index (Phi) is 4.23. The van der Waals surface area contributed by atoms with Gasteiger partial charge in [-0.1, -0.05) is 11.6 Å². The van der Waals surface area contributed by atoms with Crippen LogP contribution in [0.15, 0.2) is 24.4 Å². The molecule has 0 unspecified atom stereocenters. The van der Waals surface area contributed by atoms with E-state index < -0.39 is 0 Å². The number of nitrogens with two attached hydrogens (primary N) is 1. The van der Waals surface area contributed by atoms with E-state index in [-0.39, 0.29) is 0 Å². The number of halogens is 1. The Labute approximate surface area is 111 Å². The molecule has 0 atom stereocenters. The lowest BCUT2D eigenvalue weighted by Gasteiger charge is -2.06. The van der Waals surface area contributed by atoms with E-state index in [0.717, 1.165) is 34.3 Å². The minimum Gasteiger partial charge on any atom is -0.486 e. The first-order chi connectivity index (χ1) is 8.69. The van der Waals surface area contributed by atoms with Crippen LogP contribution in [0.3, 0.4) is 0 Å². The summed E-state index contributed by atoms with van der Waals surface area (Å²) in [7, 11) is 0. The first kappa shape index (κ1) is 12.9. The molecule has 3 N–H and O–H groups in total. The quantitative estimate of drug-likeness (QED) is 0.873. The number of rotatable bonds is 5. The van der Waals surface area contributed by atoms with Gasteiger partial charge in [-0.25, -0.2) is 4.98 Å². The van der Waals surface area contributed by atoms with Gasteiger partial charge < -0.3 is 15.5 Å². The van der Waals surface area contributed by atoms with Crippen molar-refractivity contribution in [3.63, 3.8) is 0 Å². The molecule has 18 heavy (non-hydrogen) atoms. The van der Waals surface area contributed by atoms with Gasteiger partial charge in [-0.15, -0.1) is 0 Å². The first-order valence-electron chi connectivity index (χ1n) is 5.81. The van der Waals surface area contributed by atoms with Crippen molar-refractivity contribution in [2.45, 2.75) is 20.0 Å². The Bertz CT molecular complexity index is 525. The lowest BCUT2D eigenvalue weighted by Crippen LogP contribution is -2.03. The van der Waals surface area contributed by atoms with Crippen molar-refractivity contribution < 1.29 is 4.74 Å². The van der Waals surface area contributed by atoms with E-state index in [0.29, 0.717) is 13.2 Å². The molecule has 0 saturated heterocycles. The zero-order valence-electron chi connectivity index (χ0n) is 10.2. The van der Waals surface area contributed by atoms with Gasteiger partial charge in [0.2, 0.25) is 0 Å². The molecule has 2 aromatic rings. The van der Waals surface area contributed by atoms with Crippen molar-refractivity contribution in [2.24, 2.45) is 5.73 Å². The van der Waals surface area contributed by atoms with Crippen molar-refractivity contribution >= 4 is 11.6 Å². The van der Waals surface area contributed by atoms with Crippen molar-refractivity contribution in [3.05, 3.63) is 46.5 Å². The molecular weight excluding hydrogens is 250 g/mol. The highest BCUT2D eigenvalue weighted by Gasteiger charge is 2.02. The molecule has 0 spiro atoms. The second kappa shape index (κ2) is 5.89. The number of benzene rings is 1. The van der Waals surface area contributed by atoms with Gasteiger partial charge in [-0.3, -0.25) is 0 Å². The molecular formula is C13H16ClN3O. The van der Waals surface area contributed by atoms with Gasteiger partial charge >= 0.3 is 0 Å². The van der Waals surface area contributed by atoms with Crippen LogP contribution >= 0.6 is 11.6 Å². The number of nitrogens with zero attached hydrogens (tertiary/aromatic N) is 1. The fourth-order valence-corrected chi connectivity index (χ4v) is 1.74. The number of hydrogen-bond donors (Lipinski definition) is 2. The Morgan fingerprint density at radius 3 is 3.00 bits per heavy atom. The number of nitrogens with one attached hydrogen (secondary N) is 1. The molecule has 0 aliphatic carbocycles. The third-order valence-electron chi connectivity index (χ3n) is 2.60. The molecule has 0 saturated carbocycles. The largest absolute Gasteiger partial charge is 0.486 e. The molecule has 1 heterocycles. The lowest BCUT2D eigenvalue weighted by molar-refractivity contribution is 0.297. The number of aromatic amines is 1. The average molecular weight is 266 g/mol. The van der Waals surface area contributed by atoms with Gasteiger partial charge in [0.05, 0.1) is 0 Å². The summed E-state index contributed by atoms with van der Waals surface area (Å²) in [6.45, 7) is 2.96. The third-order valence-corrected chi connectivity index (χ3v) is 3.02. The smallest absolute Gasteiger partial charge is 0.146 e. The SMILES string of the molecule is Cc1cc(OCc2ncc(CCN)[nH]2)ccc1Cl. The summed E-state index contributed by atoms with van der Waals surface area (Å²) in [6.07, 6.45) is 2.59. The van der Waals surface area contributed by atoms with Gasteiger partial charge in [-0.2, -0.15) is 0 Å². The molecule has 0 radical (unpaired) electrons. The van der Waals surface area contributed by atoms with Crippen LogP contribution in [0, 0.1) is 6.92 Å². The summed E-state index contributed by atoms with van der Waals surface area (Å²) in [5.41, 5.74) is 7.50. The maximum Gasteiger partial charge on any atom is 0.146 e. The minimum atomic E-state index is 0.408. The van der Waals surface area contributed by atoms with Crippen LogP contribution in [0.4, 0.5) is 0 Å². The Hall–Kier alpha value is -1.52. The summed E-state index contributed by atoms with van der Waals surface area (Å²) in [6, 6.07) is 5.58. The van der Waals surface area contributed by atoms with Crippen LogP contribution < -0.4 is 10.5 Å². The molecule has 1 aromatic carbocycles. The maximum atomic E-state index is 5.95. The van der Waals surface area contributed by atoms with E-state index in [4.69, 9.17) is 22.1 Å². The van der Waals surface area contributed by atoms with Crippen LogP contribution in [0.2, 0.25) is 5.02 Å². The summed E-state index contributed by atoms with van der Waals surface area (Å²) >= 11 is 5.95. The van der Waals surface area contributed by atoms with Crippen molar-refractivity contribution in [2.75, 3.05) is 6.54 Å². The molecule has 0 amide bonds. The molecule has 2 rings (SSSR count). The normalized spacial score (nSPS) is 10.6. The zero-order chi connectivity index (χ0) is 13.0. The van der Waals surface area contributed by atoms with Crippen LogP contribution in [0.5, 0.6) is 5.75 Å². The van der Waals surface area contributed by atoms with Gasteiger partial charge in [0.15, 0.2) is 0 Å². The van der Waals surface area contributed by atoms with Crippen molar-refractivity contribution in [3.8, 4) is 5.75 Å². The van der Waals surface area contributed by atoms with Crippen LogP contribution in [0.25, 0.3) is 0 Å². The fraction of sp³-hybridized carbons (Fsp3) is 0.308. The second-order valence-corrected chi connectivity index (χ2v) is 4.50. The number of H-pyrrole nitrogens is 1. The number of imidazole rings is 1. The van der Waals surface area contributed by atoms with Crippen molar-refractivity contribution in [1.82, 2.24) is 9.97 Å². The van der Waals surface area contributed by atoms with E-state index in [9.17, 15) is 0 Å². The number of hydrogen-bond acceptors (Lipinski definition) is 3. The standard InChI is InChI=1S/C13H16ClN3O/c1-9-6-11(2-3-12(9)14)18-8-13-16-7-10(17-13)4-5-15/h2-3,6-7H,4-5,8,15H2,1H3,(H,16,17). The highest BCUT2D eigenvalue weighted by atomic mass is 35.5. The molecule has 0 aliphatic heterocycles. The molecule has 5 heteroatoms. The molecule has 0 bridgehead atoms. The van der Waals surface area contributed by atoms with E-state index in [1.165, 1.54) is 0 Å². The minimum absolute atomic E-state index is 0.408. The lowest BCUT2D eigenvalue weighted by atomic mass is 10.2. The molecule has 4 nitrogen and oxygen atoms in total. The zero-order valence-corrected chi connectivity index (χ0v) is 11.0. The Morgan fingerprint density at radius 1 is 1.44 bits per heavy atom. The summed E-state index contributed by atoms with van der Waals surface area (Å²) in [5.74, 6) is 1.58. The third kappa shape index (κ3) is 3.24. The van der Waals surface area contributed by atoms with Gasteiger partial charge in [0.1, 0.15) is 18.2 Å². The summed E-state index contributed by atoms with van der Waals surface area (Å²) in [4.78, 5) is 7.40. The second-order valence-electron chi connectivity index (χ2n) is 4.09. The topological polar surface area (TPSA) is 63.9 Å². The van der Waals surface area contributed by atoms with Crippen LogP contribution in [0.1, 0.15) is 17.1 Å². The van der Waals surface area contributed by atoms with Crippen LogP contribution in [-0.2, 0) is 13.0 Å². The van der Waals surface area contributed by atoms with Gasteiger partial charge in [0, 0.05) is 23.3 Å². The average Bonchev–Trinajstić information content (AvgIpc) is 2.79. The van der Waals surface area contributed by atoms with E-state index in [1.54, 1.807) is 6.20 Å². The predicted octanol–water partition coefficient (Wildman–Crippen LogP) is 2.45. The van der Waals surface area contributed by atoms with Crippen molar-refractivity contribution in [1.29, 1.82) is 0 Å². The number of aromatic nitrogens is 2. The molecule has 1 aromatic heterocycles. The predicted molar refractivity (Wildman–Crippen MR) is 71.9 cm³/mol. The Balaban J connectivity index is 1.95.